The Bertz CT molecular complexity index is 671. The predicted molar refractivity (Wildman–Crippen MR) is 111 cm³/mol. The van der Waals surface area contributed by atoms with Gasteiger partial charge in [0.2, 0.25) is 0 Å². The van der Waals surface area contributed by atoms with Crippen LogP contribution in [-0.2, 0) is 0 Å². The van der Waals surface area contributed by atoms with Crippen molar-refractivity contribution in [2.75, 3.05) is 0 Å². The molecule has 5 aliphatic rings. The molecule has 2 heteroatoms. The molecule has 0 aromatic heterocycles. The van der Waals surface area contributed by atoms with Crippen molar-refractivity contribution in [3.05, 3.63) is 11.8 Å². The first-order chi connectivity index (χ1) is 12.7. The zero-order valence-electron chi connectivity index (χ0n) is 18.1. The Morgan fingerprint density at radius 2 is 1.67 bits per heavy atom. The van der Waals surface area contributed by atoms with Gasteiger partial charge in [0.15, 0.2) is 0 Å². The van der Waals surface area contributed by atoms with Gasteiger partial charge in [-0.25, -0.2) is 0 Å². The minimum absolute atomic E-state index is 0.155. The Morgan fingerprint density at radius 3 is 2.44 bits per heavy atom. The molecule has 0 amide bonds. The van der Waals surface area contributed by atoms with Gasteiger partial charge in [-0.2, -0.15) is 0 Å². The van der Waals surface area contributed by atoms with Crippen molar-refractivity contribution >= 4 is 0 Å². The fourth-order valence-corrected chi connectivity index (χ4v) is 9.84. The summed E-state index contributed by atoms with van der Waals surface area (Å²) in [5.41, 5.74) is 8.38. The molecular weight excluding hydrogens is 330 g/mol. The van der Waals surface area contributed by atoms with Gasteiger partial charge in [0, 0.05) is 11.5 Å². The monoisotopic (exact) mass is 371 g/mol. The van der Waals surface area contributed by atoms with E-state index in [1.807, 2.05) is 0 Å². The summed E-state index contributed by atoms with van der Waals surface area (Å²) in [5.74, 6) is 4.07. The van der Waals surface area contributed by atoms with Crippen molar-refractivity contribution in [1.82, 2.24) is 0 Å². The fourth-order valence-electron chi connectivity index (χ4n) is 9.84. The van der Waals surface area contributed by atoms with E-state index in [0.717, 1.165) is 24.2 Å². The van der Waals surface area contributed by atoms with E-state index in [2.05, 4.69) is 33.8 Å². The smallest absolute Gasteiger partial charge is 0.0914 e. The SMILES string of the molecule is CC1C(O)=CCC2(C)C1CCC1(C)C2CCC2[C@H]3CCCC3(N)CC[C@]21C. The molecule has 0 radical (unpaired) electrons. The molecule has 2 nitrogen and oxygen atoms in total. The molecule has 0 aromatic carbocycles. The first-order valence-corrected chi connectivity index (χ1v) is 11.8. The van der Waals surface area contributed by atoms with E-state index < -0.39 is 0 Å². The fraction of sp³-hybridized carbons (Fsp3) is 0.920. The summed E-state index contributed by atoms with van der Waals surface area (Å²) in [6, 6.07) is 0. The average Bonchev–Trinajstić information content (AvgIpc) is 3.01. The normalized spacial score (nSPS) is 59.9. The van der Waals surface area contributed by atoms with Crippen LogP contribution in [0.2, 0.25) is 0 Å². The van der Waals surface area contributed by atoms with E-state index in [9.17, 15) is 5.11 Å². The lowest BCUT2D eigenvalue weighted by atomic mass is 9.34. The molecule has 27 heavy (non-hydrogen) atoms. The number of aliphatic hydroxyl groups excluding tert-OH is 1. The summed E-state index contributed by atoms with van der Waals surface area (Å²) in [5, 5.41) is 10.4. The number of rotatable bonds is 0. The Morgan fingerprint density at radius 1 is 0.889 bits per heavy atom. The summed E-state index contributed by atoms with van der Waals surface area (Å²) in [6.45, 7) is 10.2. The Balaban J connectivity index is 1.54. The van der Waals surface area contributed by atoms with Crippen molar-refractivity contribution in [3.63, 3.8) is 0 Å². The highest BCUT2D eigenvalue weighted by molar-refractivity contribution is 5.21. The topological polar surface area (TPSA) is 46.2 Å². The zero-order valence-corrected chi connectivity index (χ0v) is 18.1. The molecule has 9 atom stereocenters. The van der Waals surface area contributed by atoms with Crippen LogP contribution in [0.4, 0.5) is 0 Å². The third-order valence-electron chi connectivity index (χ3n) is 11.6. The highest BCUT2D eigenvalue weighted by Crippen LogP contribution is 2.74. The molecule has 0 spiro atoms. The van der Waals surface area contributed by atoms with Crippen LogP contribution in [0.25, 0.3) is 0 Å². The number of hydrogen-bond donors (Lipinski definition) is 2. The summed E-state index contributed by atoms with van der Waals surface area (Å²) in [7, 11) is 0. The molecular formula is C25H41NO. The van der Waals surface area contributed by atoms with Crippen LogP contribution >= 0.6 is 0 Å². The molecule has 0 heterocycles. The van der Waals surface area contributed by atoms with Crippen LogP contribution in [0.3, 0.4) is 0 Å². The Hall–Kier alpha value is -0.500. The average molecular weight is 372 g/mol. The van der Waals surface area contributed by atoms with Gasteiger partial charge in [-0.3, -0.25) is 0 Å². The molecule has 7 unspecified atom stereocenters. The van der Waals surface area contributed by atoms with Gasteiger partial charge < -0.3 is 10.8 Å². The molecule has 0 saturated heterocycles. The maximum atomic E-state index is 10.4. The maximum absolute atomic E-state index is 10.4. The molecule has 4 saturated carbocycles. The van der Waals surface area contributed by atoms with Crippen LogP contribution in [0.5, 0.6) is 0 Å². The predicted octanol–water partition coefficient (Wildman–Crippen LogP) is 6.21. The molecule has 4 fully saturated rings. The van der Waals surface area contributed by atoms with E-state index in [1.165, 1.54) is 57.8 Å². The van der Waals surface area contributed by atoms with Gasteiger partial charge in [0.25, 0.3) is 0 Å². The summed E-state index contributed by atoms with van der Waals surface area (Å²) in [6.07, 6.45) is 15.3. The van der Waals surface area contributed by atoms with Crippen LogP contribution in [0, 0.1) is 45.8 Å². The second-order valence-corrected chi connectivity index (χ2v) is 12.1. The molecule has 0 aromatic rings. The highest BCUT2D eigenvalue weighted by atomic mass is 16.3. The number of fused-ring (bicyclic) bond motifs is 7. The van der Waals surface area contributed by atoms with Gasteiger partial charge in [0.05, 0.1) is 5.76 Å². The first kappa shape index (κ1) is 18.5. The number of hydrogen-bond acceptors (Lipinski definition) is 2. The zero-order chi connectivity index (χ0) is 19.2. The standard InChI is InChI=1S/C25H41NO/c1-16-17-9-13-24(4)21(22(17,2)12-10-20(16)27)8-7-18-19-6-5-11-25(19,26)15-14-23(18,24)3/h10,16-19,21,27H,5-9,11-15,26H2,1-4H3/t16?,17?,18?,19-,21?,22?,23-,24?,25?/m1/s1. The molecule has 0 aliphatic heterocycles. The minimum Gasteiger partial charge on any atom is -0.512 e. The van der Waals surface area contributed by atoms with Crippen molar-refractivity contribution in [3.8, 4) is 0 Å². The molecule has 152 valence electrons. The van der Waals surface area contributed by atoms with Crippen LogP contribution in [-0.4, -0.2) is 10.6 Å². The third-order valence-corrected chi connectivity index (χ3v) is 11.6. The second-order valence-electron chi connectivity index (χ2n) is 12.1. The number of allylic oxidation sites excluding steroid dienone is 2. The van der Waals surface area contributed by atoms with Crippen molar-refractivity contribution in [2.45, 2.75) is 97.4 Å². The maximum Gasteiger partial charge on any atom is 0.0914 e. The van der Waals surface area contributed by atoms with Crippen LogP contribution in [0.15, 0.2) is 11.8 Å². The lowest BCUT2D eigenvalue weighted by molar-refractivity contribution is -0.212. The minimum atomic E-state index is 0.155. The van der Waals surface area contributed by atoms with Crippen LogP contribution in [0.1, 0.15) is 91.9 Å². The Kier molecular flexibility index (Phi) is 3.81. The molecule has 5 rings (SSSR count). The van der Waals surface area contributed by atoms with Crippen molar-refractivity contribution < 1.29 is 5.11 Å². The largest absolute Gasteiger partial charge is 0.512 e. The highest BCUT2D eigenvalue weighted by Gasteiger charge is 2.68. The summed E-state index contributed by atoms with van der Waals surface area (Å²) >= 11 is 0. The molecule has 5 aliphatic carbocycles. The first-order valence-electron chi connectivity index (χ1n) is 11.8. The van der Waals surface area contributed by atoms with Gasteiger partial charge in [-0.1, -0.05) is 34.1 Å². The summed E-state index contributed by atoms with van der Waals surface area (Å²) < 4.78 is 0. The third kappa shape index (κ3) is 2.12. The van der Waals surface area contributed by atoms with E-state index in [0.29, 0.717) is 33.8 Å². The van der Waals surface area contributed by atoms with E-state index in [1.54, 1.807) is 0 Å². The second kappa shape index (κ2) is 5.55. The van der Waals surface area contributed by atoms with Gasteiger partial charge in [-0.15, -0.1) is 0 Å². The van der Waals surface area contributed by atoms with Gasteiger partial charge >= 0.3 is 0 Å². The lowest BCUT2D eigenvalue weighted by Crippen LogP contribution is -2.66. The van der Waals surface area contributed by atoms with Gasteiger partial charge in [0.1, 0.15) is 0 Å². The van der Waals surface area contributed by atoms with Crippen molar-refractivity contribution in [1.29, 1.82) is 0 Å². The number of aliphatic hydroxyl groups is 1. The Labute approximate surface area is 166 Å². The van der Waals surface area contributed by atoms with Crippen LogP contribution < -0.4 is 5.73 Å². The molecule has 3 N–H and O–H groups in total. The lowest BCUT2D eigenvalue weighted by Gasteiger charge is -2.71. The van der Waals surface area contributed by atoms with Crippen molar-refractivity contribution in [2.24, 2.45) is 51.6 Å². The quantitative estimate of drug-likeness (QED) is 0.531. The molecule has 0 bridgehead atoms. The van der Waals surface area contributed by atoms with E-state index in [-0.39, 0.29) is 5.54 Å². The number of nitrogens with two attached hydrogens (primary N) is 1. The summed E-state index contributed by atoms with van der Waals surface area (Å²) in [4.78, 5) is 0. The van der Waals surface area contributed by atoms with E-state index in [4.69, 9.17) is 5.73 Å². The van der Waals surface area contributed by atoms with E-state index >= 15 is 0 Å². The van der Waals surface area contributed by atoms with Gasteiger partial charge in [-0.05, 0) is 104 Å².